The molecule has 1 N–H and O–H groups in total. The van der Waals surface area contributed by atoms with Gasteiger partial charge in [0.15, 0.2) is 0 Å². The average molecular weight is 294 g/mol. The molecular weight excluding hydrogens is 270 g/mol. The molecule has 3 heteroatoms. The lowest BCUT2D eigenvalue weighted by molar-refractivity contribution is -0.0978. The smallest absolute Gasteiger partial charge is 0.0686 e. The van der Waals surface area contributed by atoms with Crippen LogP contribution in [0.3, 0.4) is 0 Å². The highest BCUT2D eigenvalue weighted by molar-refractivity contribution is 6.31. The van der Waals surface area contributed by atoms with E-state index in [1.54, 1.807) is 0 Å². The number of nitrogens with one attached hydrogen (secondary N) is 1. The second-order valence-electron chi connectivity index (χ2n) is 6.28. The molecule has 1 saturated heterocycles. The highest BCUT2D eigenvalue weighted by Crippen LogP contribution is 2.45. The molecule has 110 valence electrons. The average Bonchev–Trinajstić information content (AvgIpc) is 2.90. The Bertz CT molecular complexity index is 456. The first-order valence-electron chi connectivity index (χ1n) is 7.80. The van der Waals surface area contributed by atoms with Gasteiger partial charge in [0.25, 0.3) is 0 Å². The molecule has 2 aliphatic rings. The molecule has 0 aromatic heterocycles. The molecule has 1 aromatic rings. The van der Waals surface area contributed by atoms with E-state index in [2.05, 4.69) is 17.4 Å². The van der Waals surface area contributed by atoms with Gasteiger partial charge in [0.2, 0.25) is 0 Å². The Labute approximate surface area is 126 Å². The van der Waals surface area contributed by atoms with Gasteiger partial charge in [-0.1, -0.05) is 42.6 Å². The van der Waals surface area contributed by atoms with Gasteiger partial charge in [0.05, 0.1) is 5.60 Å². The van der Waals surface area contributed by atoms with Crippen LogP contribution in [0, 0.1) is 5.92 Å². The molecule has 2 unspecified atom stereocenters. The fourth-order valence-electron chi connectivity index (χ4n) is 4.09. The zero-order chi connectivity index (χ0) is 14.0. The van der Waals surface area contributed by atoms with Crippen LogP contribution in [0.15, 0.2) is 24.3 Å². The van der Waals surface area contributed by atoms with E-state index in [-0.39, 0.29) is 5.60 Å². The first-order valence-corrected chi connectivity index (χ1v) is 8.17. The van der Waals surface area contributed by atoms with Crippen LogP contribution >= 0.6 is 11.6 Å². The minimum Gasteiger partial charge on any atom is -0.375 e. The summed E-state index contributed by atoms with van der Waals surface area (Å²) in [6, 6.07) is 8.56. The molecule has 2 atom stereocenters. The SMILES string of the molecule is CNC(c1ccccc1Cl)C1CCOC2(CCCC2)C1. The van der Waals surface area contributed by atoms with Crippen molar-refractivity contribution < 1.29 is 4.74 Å². The van der Waals surface area contributed by atoms with Crippen molar-refractivity contribution in [1.82, 2.24) is 5.32 Å². The van der Waals surface area contributed by atoms with Crippen LogP contribution in [-0.2, 0) is 4.74 Å². The van der Waals surface area contributed by atoms with E-state index < -0.39 is 0 Å². The Morgan fingerprint density at radius 1 is 1.30 bits per heavy atom. The highest BCUT2D eigenvalue weighted by atomic mass is 35.5. The Morgan fingerprint density at radius 3 is 2.75 bits per heavy atom. The van der Waals surface area contributed by atoms with Gasteiger partial charge in [-0.15, -0.1) is 0 Å². The first-order chi connectivity index (χ1) is 9.74. The van der Waals surface area contributed by atoms with Crippen molar-refractivity contribution in [1.29, 1.82) is 0 Å². The summed E-state index contributed by atoms with van der Waals surface area (Å²) in [5.41, 5.74) is 1.40. The molecule has 0 radical (unpaired) electrons. The van der Waals surface area contributed by atoms with Crippen molar-refractivity contribution in [3.8, 4) is 0 Å². The molecule has 2 fully saturated rings. The summed E-state index contributed by atoms with van der Waals surface area (Å²) < 4.78 is 6.16. The lowest BCUT2D eigenvalue weighted by Crippen LogP contribution is -2.41. The number of rotatable bonds is 3. The molecule has 1 aliphatic carbocycles. The number of hydrogen-bond acceptors (Lipinski definition) is 2. The fourth-order valence-corrected chi connectivity index (χ4v) is 4.34. The van der Waals surface area contributed by atoms with Crippen LogP contribution in [0.25, 0.3) is 0 Å². The standard InChI is InChI=1S/C17H24ClNO/c1-19-16(14-6-2-3-7-15(14)18)13-8-11-20-17(12-13)9-4-5-10-17/h2-3,6-7,13,16,19H,4-5,8-12H2,1H3. The van der Waals surface area contributed by atoms with Gasteiger partial charge in [-0.3, -0.25) is 0 Å². The zero-order valence-corrected chi connectivity index (χ0v) is 13.0. The number of ether oxygens (including phenoxy) is 1. The van der Waals surface area contributed by atoms with Crippen molar-refractivity contribution in [3.63, 3.8) is 0 Å². The molecule has 1 aliphatic heterocycles. The van der Waals surface area contributed by atoms with Gasteiger partial charge in [-0.05, 0) is 50.3 Å². The summed E-state index contributed by atoms with van der Waals surface area (Å²) in [4.78, 5) is 0. The minimum atomic E-state index is 0.166. The van der Waals surface area contributed by atoms with Crippen LogP contribution < -0.4 is 5.32 Å². The van der Waals surface area contributed by atoms with Gasteiger partial charge in [0.1, 0.15) is 0 Å². The zero-order valence-electron chi connectivity index (χ0n) is 12.2. The third-order valence-electron chi connectivity index (χ3n) is 5.07. The van der Waals surface area contributed by atoms with Crippen molar-refractivity contribution in [3.05, 3.63) is 34.9 Å². The normalized spacial score (nSPS) is 26.8. The molecule has 20 heavy (non-hydrogen) atoms. The van der Waals surface area contributed by atoms with E-state index in [1.165, 1.54) is 37.7 Å². The van der Waals surface area contributed by atoms with Gasteiger partial charge in [-0.2, -0.15) is 0 Å². The molecule has 0 bridgehead atoms. The fraction of sp³-hybridized carbons (Fsp3) is 0.647. The Hall–Kier alpha value is -0.570. The van der Waals surface area contributed by atoms with Crippen LogP contribution in [-0.4, -0.2) is 19.3 Å². The summed E-state index contributed by atoms with van der Waals surface area (Å²) >= 11 is 6.40. The highest BCUT2D eigenvalue weighted by Gasteiger charge is 2.42. The van der Waals surface area contributed by atoms with Crippen molar-refractivity contribution in [2.45, 2.75) is 50.2 Å². The van der Waals surface area contributed by atoms with Crippen molar-refractivity contribution in [2.24, 2.45) is 5.92 Å². The summed E-state index contributed by atoms with van der Waals surface area (Å²) in [5, 5.41) is 4.37. The maximum atomic E-state index is 6.40. The largest absolute Gasteiger partial charge is 0.375 e. The van der Waals surface area contributed by atoms with E-state index in [1.807, 2.05) is 19.2 Å². The van der Waals surface area contributed by atoms with E-state index in [0.717, 1.165) is 18.1 Å². The van der Waals surface area contributed by atoms with Gasteiger partial charge in [0, 0.05) is 17.7 Å². The maximum Gasteiger partial charge on any atom is 0.0686 e. The monoisotopic (exact) mass is 293 g/mol. The number of halogens is 1. The van der Waals surface area contributed by atoms with E-state index in [4.69, 9.17) is 16.3 Å². The molecule has 1 aromatic carbocycles. The third-order valence-corrected chi connectivity index (χ3v) is 5.41. The van der Waals surface area contributed by atoms with Crippen molar-refractivity contribution in [2.75, 3.05) is 13.7 Å². The summed E-state index contributed by atoms with van der Waals surface area (Å²) in [5.74, 6) is 0.617. The maximum absolute atomic E-state index is 6.40. The van der Waals surface area contributed by atoms with Crippen LogP contribution in [0.1, 0.15) is 50.1 Å². The molecular formula is C17H24ClNO. The molecule has 2 nitrogen and oxygen atoms in total. The molecule has 1 heterocycles. The number of benzene rings is 1. The van der Waals surface area contributed by atoms with Crippen LogP contribution in [0.5, 0.6) is 0 Å². The Kier molecular flexibility index (Phi) is 4.34. The topological polar surface area (TPSA) is 21.3 Å². The Balaban J connectivity index is 1.81. The Morgan fingerprint density at radius 2 is 2.05 bits per heavy atom. The number of hydrogen-bond donors (Lipinski definition) is 1. The quantitative estimate of drug-likeness (QED) is 0.895. The predicted octanol–water partition coefficient (Wildman–Crippen LogP) is 4.34. The van der Waals surface area contributed by atoms with Crippen LogP contribution in [0.4, 0.5) is 0 Å². The van der Waals surface area contributed by atoms with Gasteiger partial charge >= 0.3 is 0 Å². The van der Waals surface area contributed by atoms with Crippen LogP contribution in [0.2, 0.25) is 5.02 Å². The minimum absolute atomic E-state index is 0.166. The summed E-state index contributed by atoms with van der Waals surface area (Å²) in [6.07, 6.45) is 7.42. The third kappa shape index (κ3) is 2.74. The second kappa shape index (κ2) is 6.05. The van der Waals surface area contributed by atoms with E-state index in [0.29, 0.717) is 12.0 Å². The first kappa shape index (κ1) is 14.4. The molecule has 1 spiro atoms. The molecule has 0 amide bonds. The second-order valence-corrected chi connectivity index (χ2v) is 6.69. The van der Waals surface area contributed by atoms with E-state index >= 15 is 0 Å². The van der Waals surface area contributed by atoms with Crippen molar-refractivity contribution >= 4 is 11.6 Å². The molecule has 1 saturated carbocycles. The lowest BCUT2D eigenvalue weighted by atomic mass is 9.78. The summed E-state index contributed by atoms with van der Waals surface area (Å²) in [6.45, 7) is 0.896. The predicted molar refractivity (Wildman–Crippen MR) is 83.1 cm³/mol. The lowest BCUT2D eigenvalue weighted by Gasteiger charge is -2.41. The van der Waals surface area contributed by atoms with Gasteiger partial charge < -0.3 is 10.1 Å². The van der Waals surface area contributed by atoms with E-state index in [9.17, 15) is 0 Å². The summed E-state index contributed by atoms with van der Waals surface area (Å²) in [7, 11) is 2.05. The van der Waals surface area contributed by atoms with Gasteiger partial charge in [-0.25, -0.2) is 0 Å². The molecule has 3 rings (SSSR count).